The van der Waals surface area contributed by atoms with Gasteiger partial charge in [0.05, 0.1) is 17.7 Å². The van der Waals surface area contributed by atoms with E-state index in [4.69, 9.17) is 10.5 Å². The van der Waals surface area contributed by atoms with E-state index >= 15 is 0 Å². The molecule has 0 N–H and O–H groups in total. The van der Waals surface area contributed by atoms with E-state index in [2.05, 4.69) is 30.9 Å². The second-order valence-corrected chi connectivity index (χ2v) is 8.68. The molecule has 2 fully saturated rings. The first-order valence-electron chi connectivity index (χ1n) is 10.9. The lowest BCUT2D eigenvalue weighted by molar-refractivity contribution is 0.260. The summed E-state index contributed by atoms with van der Waals surface area (Å²) >= 11 is 0. The van der Waals surface area contributed by atoms with Gasteiger partial charge in [0.1, 0.15) is 0 Å². The van der Waals surface area contributed by atoms with E-state index in [1.54, 1.807) is 6.08 Å². The third-order valence-corrected chi connectivity index (χ3v) is 7.07. The summed E-state index contributed by atoms with van der Waals surface area (Å²) in [4.78, 5) is 0. The average Bonchev–Trinajstić information content (AvgIpc) is 2.77. The summed E-state index contributed by atoms with van der Waals surface area (Å²) in [5, 5.41) is 17.5. The molecule has 0 unspecified atom stereocenters. The molecule has 0 aliphatic heterocycles. The normalized spacial score (nSPS) is 27.8. The van der Waals surface area contributed by atoms with Crippen LogP contribution in [0.1, 0.15) is 81.3 Å². The average molecular weight is 373 g/mol. The third-order valence-electron chi connectivity index (χ3n) is 7.07. The molecule has 0 saturated heterocycles. The second kappa shape index (κ2) is 10.3. The highest BCUT2D eigenvalue weighted by atomic mass is 14.3. The van der Waals surface area contributed by atoms with E-state index in [1.807, 2.05) is 18.2 Å². The zero-order valence-electron chi connectivity index (χ0n) is 16.9. The van der Waals surface area contributed by atoms with E-state index < -0.39 is 0 Å². The van der Waals surface area contributed by atoms with Crippen LogP contribution < -0.4 is 0 Å². The maximum Gasteiger partial charge on any atom is 0.0991 e. The van der Waals surface area contributed by atoms with Crippen molar-refractivity contribution in [3.8, 4) is 12.1 Å². The standard InChI is InChI=1S/C26H32N2/c1-20(23-10-6-21(7-11-23)5-3-2-4-18-27)24-14-16-26(17-15-24)25-12-8-22(19-28)9-13-25/h2,4,8-9,12-13,21,23-24,26H,1,3,5-7,10-11,14-17H2/b4-2+. The van der Waals surface area contributed by atoms with E-state index in [0.717, 1.165) is 23.8 Å². The molecule has 0 spiro atoms. The summed E-state index contributed by atoms with van der Waals surface area (Å²) in [6, 6.07) is 12.5. The quantitative estimate of drug-likeness (QED) is 0.396. The first-order valence-corrected chi connectivity index (χ1v) is 10.9. The highest BCUT2D eigenvalue weighted by molar-refractivity contribution is 5.33. The van der Waals surface area contributed by atoms with Crippen LogP contribution in [0.25, 0.3) is 0 Å². The van der Waals surface area contributed by atoms with Crippen molar-refractivity contribution in [3.05, 3.63) is 59.7 Å². The number of allylic oxidation sites excluding steroid dienone is 3. The van der Waals surface area contributed by atoms with Crippen LogP contribution in [0.4, 0.5) is 0 Å². The van der Waals surface area contributed by atoms with Gasteiger partial charge in [-0.15, -0.1) is 0 Å². The van der Waals surface area contributed by atoms with Crippen LogP contribution in [-0.2, 0) is 0 Å². The van der Waals surface area contributed by atoms with Crippen LogP contribution >= 0.6 is 0 Å². The lowest BCUT2D eigenvalue weighted by Crippen LogP contribution is -2.22. The fourth-order valence-corrected chi connectivity index (χ4v) is 5.25. The van der Waals surface area contributed by atoms with E-state index in [0.29, 0.717) is 11.8 Å². The van der Waals surface area contributed by atoms with Gasteiger partial charge in [-0.2, -0.15) is 10.5 Å². The summed E-state index contributed by atoms with van der Waals surface area (Å²) in [7, 11) is 0. The summed E-state index contributed by atoms with van der Waals surface area (Å²) < 4.78 is 0. The topological polar surface area (TPSA) is 47.6 Å². The van der Waals surface area contributed by atoms with Gasteiger partial charge in [-0.05, 0) is 106 Å². The molecule has 0 amide bonds. The second-order valence-electron chi connectivity index (χ2n) is 8.68. The molecule has 0 bridgehead atoms. The van der Waals surface area contributed by atoms with Crippen molar-refractivity contribution >= 4 is 0 Å². The van der Waals surface area contributed by atoms with Crippen molar-refractivity contribution in [2.75, 3.05) is 0 Å². The maximum absolute atomic E-state index is 8.96. The molecule has 1 aromatic rings. The number of nitriles is 2. The lowest BCUT2D eigenvalue weighted by atomic mass is 9.69. The van der Waals surface area contributed by atoms with Crippen LogP contribution in [-0.4, -0.2) is 0 Å². The van der Waals surface area contributed by atoms with Crippen molar-refractivity contribution in [2.24, 2.45) is 17.8 Å². The van der Waals surface area contributed by atoms with Gasteiger partial charge >= 0.3 is 0 Å². The largest absolute Gasteiger partial charge is 0.193 e. The Morgan fingerprint density at radius 1 is 0.929 bits per heavy atom. The molecule has 0 radical (unpaired) electrons. The van der Waals surface area contributed by atoms with Crippen molar-refractivity contribution in [1.29, 1.82) is 10.5 Å². The number of nitrogens with zero attached hydrogens (tertiary/aromatic N) is 2. The highest BCUT2D eigenvalue weighted by Crippen LogP contribution is 2.44. The Morgan fingerprint density at radius 3 is 2.11 bits per heavy atom. The summed E-state index contributed by atoms with van der Waals surface area (Å²) in [6.07, 6.45) is 16.2. The van der Waals surface area contributed by atoms with Gasteiger partial charge in [-0.3, -0.25) is 0 Å². The van der Waals surface area contributed by atoms with E-state index in [9.17, 15) is 0 Å². The van der Waals surface area contributed by atoms with Crippen LogP contribution in [0.3, 0.4) is 0 Å². The predicted molar refractivity (Wildman–Crippen MR) is 114 cm³/mol. The van der Waals surface area contributed by atoms with Gasteiger partial charge in [0.2, 0.25) is 0 Å². The van der Waals surface area contributed by atoms with Gasteiger partial charge in [0, 0.05) is 6.08 Å². The van der Waals surface area contributed by atoms with Gasteiger partial charge in [-0.1, -0.05) is 30.4 Å². The summed E-state index contributed by atoms with van der Waals surface area (Å²) in [5.74, 6) is 2.91. The van der Waals surface area contributed by atoms with Crippen molar-refractivity contribution in [1.82, 2.24) is 0 Å². The van der Waals surface area contributed by atoms with Crippen molar-refractivity contribution < 1.29 is 0 Å². The summed E-state index contributed by atoms with van der Waals surface area (Å²) in [5.41, 5.74) is 3.68. The number of hydrogen-bond acceptors (Lipinski definition) is 2. The number of benzene rings is 1. The van der Waals surface area contributed by atoms with Crippen LogP contribution in [0.15, 0.2) is 48.6 Å². The minimum absolute atomic E-state index is 0.647. The highest BCUT2D eigenvalue weighted by Gasteiger charge is 2.29. The molecule has 28 heavy (non-hydrogen) atoms. The minimum Gasteiger partial charge on any atom is -0.193 e. The zero-order valence-corrected chi connectivity index (χ0v) is 16.9. The molecule has 2 aliphatic carbocycles. The van der Waals surface area contributed by atoms with Gasteiger partial charge in [-0.25, -0.2) is 0 Å². The molecule has 2 saturated carbocycles. The SMILES string of the molecule is C=C(C1CCC(CC/C=C/C#N)CC1)C1CCC(c2ccc(C#N)cc2)CC1. The monoisotopic (exact) mass is 372 g/mol. The Morgan fingerprint density at radius 2 is 1.54 bits per heavy atom. The Hall–Kier alpha value is -2.32. The molecule has 0 atom stereocenters. The van der Waals surface area contributed by atoms with Crippen LogP contribution in [0.5, 0.6) is 0 Å². The Kier molecular flexibility index (Phi) is 7.50. The fraction of sp³-hybridized carbons (Fsp3) is 0.538. The maximum atomic E-state index is 8.96. The van der Waals surface area contributed by atoms with Crippen LogP contribution in [0, 0.1) is 40.4 Å². The summed E-state index contributed by atoms with van der Waals surface area (Å²) in [6.45, 7) is 4.55. The molecule has 146 valence electrons. The van der Waals surface area contributed by atoms with E-state index in [1.165, 1.54) is 68.9 Å². The van der Waals surface area contributed by atoms with Gasteiger partial charge in [0.25, 0.3) is 0 Å². The number of rotatable bonds is 6. The van der Waals surface area contributed by atoms with E-state index in [-0.39, 0.29) is 0 Å². The Balaban J connectivity index is 1.42. The first kappa shape index (κ1) is 20.4. The Labute approximate surface area is 170 Å². The lowest BCUT2D eigenvalue weighted by Gasteiger charge is -2.36. The van der Waals surface area contributed by atoms with Crippen LogP contribution in [0.2, 0.25) is 0 Å². The molecule has 3 rings (SSSR count). The Bertz CT molecular complexity index is 743. The molecule has 0 heterocycles. The predicted octanol–water partition coefficient (Wildman–Crippen LogP) is 7.05. The molecule has 2 nitrogen and oxygen atoms in total. The smallest absolute Gasteiger partial charge is 0.0991 e. The van der Waals surface area contributed by atoms with Crippen molar-refractivity contribution in [2.45, 2.75) is 70.1 Å². The molecule has 0 aromatic heterocycles. The molecule has 2 aliphatic rings. The fourth-order valence-electron chi connectivity index (χ4n) is 5.25. The van der Waals surface area contributed by atoms with Gasteiger partial charge in [0.15, 0.2) is 0 Å². The minimum atomic E-state index is 0.647. The molecular weight excluding hydrogens is 340 g/mol. The first-order chi connectivity index (χ1) is 13.7. The molecule has 2 heteroatoms. The third kappa shape index (κ3) is 5.36. The zero-order chi connectivity index (χ0) is 19.8. The number of hydrogen-bond donors (Lipinski definition) is 0. The molecular formula is C26H32N2. The van der Waals surface area contributed by atoms with Crippen molar-refractivity contribution in [3.63, 3.8) is 0 Å². The molecule has 1 aromatic carbocycles. The van der Waals surface area contributed by atoms with Gasteiger partial charge < -0.3 is 0 Å².